The fourth-order valence-electron chi connectivity index (χ4n) is 2.38. The maximum Gasteiger partial charge on any atom is 0.237 e. The predicted molar refractivity (Wildman–Crippen MR) is 76.4 cm³/mol. The number of nitrogens with two attached hydrogens (primary N) is 1. The molecule has 5 nitrogen and oxygen atoms in total. The summed E-state index contributed by atoms with van der Waals surface area (Å²) in [4.78, 5) is 12.1. The Kier molecular flexibility index (Phi) is 5.38. The van der Waals surface area contributed by atoms with E-state index >= 15 is 0 Å². The van der Waals surface area contributed by atoms with E-state index in [-0.39, 0.29) is 11.8 Å². The molecule has 20 heavy (non-hydrogen) atoms. The fraction of sp³-hybridized carbons (Fsp3) is 0.533. The molecule has 0 saturated carbocycles. The molecule has 3 N–H and O–H groups in total. The van der Waals surface area contributed by atoms with Gasteiger partial charge in [0.25, 0.3) is 0 Å². The molecule has 1 aromatic rings. The number of methoxy groups -OCH3 is 1. The molecule has 0 aliphatic carbocycles. The lowest BCUT2D eigenvalue weighted by Gasteiger charge is -2.26. The maximum atomic E-state index is 12.1. The van der Waals surface area contributed by atoms with Crippen molar-refractivity contribution >= 4 is 5.91 Å². The van der Waals surface area contributed by atoms with E-state index in [2.05, 4.69) is 5.32 Å². The van der Waals surface area contributed by atoms with E-state index in [0.29, 0.717) is 19.8 Å². The average Bonchev–Trinajstić information content (AvgIpc) is 2.53. The molecule has 1 amide bonds. The van der Waals surface area contributed by atoms with Crippen LogP contribution in [0, 0.1) is 5.92 Å². The molecule has 2 rings (SSSR count). The van der Waals surface area contributed by atoms with E-state index in [1.54, 1.807) is 7.11 Å². The minimum atomic E-state index is -0.454. The van der Waals surface area contributed by atoms with E-state index < -0.39 is 6.04 Å². The Labute approximate surface area is 119 Å². The first-order chi connectivity index (χ1) is 9.70. The van der Waals surface area contributed by atoms with E-state index in [0.717, 1.165) is 24.2 Å². The molecule has 1 unspecified atom stereocenters. The molecule has 1 aliphatic heterocycles. The number of benzene rings is 1. The van der Waals surface area contributed by atoms with Gasteiger partial charge in [0.05, 0.1) is 13.2 Å². The largest absolute Gasteiger partial charge is 0.497 e. The molecule has 1 atom stereocenters. The van der Waals surface area contributed by atoms with Crippen molar-refractivity contribution in [3.05, 3.63) is 29.8 Å². The number of amides is 1. The minimum Gasteiger partial charge on any atom is -0.497 e. The van der Waals surface area contributed by atoms with Gasteiger partial charge in [-0.3, -0.25) is 4.79 Å². The minimum absolute atomic E-state index is 0.0975. The van der Waals surface area contributed by atoms with Gasteiger partial charge in [-0.1, -0.05) is 12.1 Å². The monoisotopic (exact) mass is 278 g/mol. The van der Waals surface area contributed by atoms with Gasteiger partial charge < -0.3 is 20.5 Å². The molecule has 0 radical (unpaired) electrons. The van der Waals surface area contributed by atoms with E-state index in [9.17, 15) is 4.79 Å². The normalized spacial score (nSPS) is 17.5. The number of rotatable bonds is 5. The van der Waals surface area contributed by atoms with E-state index in [4.69, 9.17) is 15.2 Å². The summed E-state index contributed by atoms with van der Waals surface area (Å²) < 4.78 is 10.4. The molecule has 0 spiro atoms. The molecule has 0 bridgehead atoms. The van der Waals surface area contributed by atoms with Crippen molar-refractivity contribution in [3.8, 4) is 5.75 Å². The second-order valence-corrected chi connectivity index (χ2v) is 5.04. The quantitative estimate of drug-likeness (QED) is 0.845. The molecule has 0 aromatic heterocycles. The molecular weight excluding hydrogens is 256 g/mol. The van der Waals surface area contributed by atoms with Crippen LogP contribution >= 0.6 is 0 Å². The summed E-state index contributed by atoms with van der Waals surface area (Å²) in [5, 5.41) is 2.89. The molecule has 110 valence electrons. The van der Waals surface area contributed by atoms with Crippen molar-refractivity contribution in [2.45, 2.75) is 25.4 Å². The van der Waals surface area contributed by atoms with E-state index in [1.807, 2.05) is 24.3 Å². The highest BCUT2D eigenvalue weighted by atomic mass is 16.5. The van der Waals surface area contributed by atoms with Crippen LogP contribution < -0.4 is 15.8 Å². The van der Waals surface area contributed by atoms with Gasteiger partial charge in [0, 0.05) is 19.8 Å². The number of hydrogen-bond donors (Lipinski definition) is 2. The van der Waals surface area contributed by atoms with Gasteiger partial charge in [-0.05, 0) is 36.5 Å². The van der Waals surface area contributed by atoms with Crippen LogP contribution in [0.5, 0.6) is 5.75 Å². The third kappa shape index (κ3) is 3.95. The zero-order valence-electron chi connectivity index (χ0n) is 11.8. The Balaban J connectivity index is 1.84. The Morgan fingerprint density at radius 2 is 2.25 bits per heavy atom. The van der Waals surface area contributed by atoms with Crippen LogP contribution in [0.2, 0.25) is 0 Å². The zero-order chi connectivity index (χ0) is 14.4. The fourth-order valence-corrected chi connectivity index (χ4v) is 2.38. The molecule has 1 aromatic carbocycles. The Morgan fingerprint density at radius 1 is 1.50 bits per heavy atom. The Hall–Kier alpha value is -1.59. The molecule has 5 heteroatoms. The van der Waals surface area contributed by atoms with Gasteiger partial charge in [0.15, 0.2) is 0 Å². The van der Waals surface area contributed by atoms with Gasteiger partial charge >= 0.3 is 0 Å². The highest BCUT2D eigenvalue weighted by molar-refractivity contribution is 5.81. The number of ether oxygens (including phenoxy) is 2. The van der Waals surface area contributed by atoms with Crippen molar-refractivity contribution in [1.29, 1.82) is 0 Å². The van der Waals surface area contributed by atoms with Gasteiger partial charge in [-0.25, -0.2) is 0 Å². The predicted octanol–water partition coefficient (Wildman–Crippen LogP) is 1.07. The molecule has 1 fully saturated rings. The van der Waals surface area contributed by atoms with Crippen LogP contribution in [0.1, 0.15) is 18.4 Å². The van der Waals surface area contributed by atoms with Crippen LogP contribution in [-0.4, -0.2) is 32.3 Å². The highest BCUT2D eigenvalue weighted by Gasteiger charge is 2.26. The Morgan fingerprint density at radius 3 is 2.95 bits per heavy atom. The van der Waals surface area contributed by atoms with Gasteiger partial charge in [-0.2, -0.15) is 0 Å². The number of nitrogens with one attached hydrogen (secondary N) is 1. The number of carbonyl (C=O) groups is 1. The van der Waals surface area contributed by atoms with Gasteiger partial charge in [0.1, 0.15) is 5.75 Å². The first-order valence-corrected chi connectivity index (χ1v) is 6.94. The van der Waals surface area contributed by atoms with Crippen LogP contribution in [0.4, 0.5) is 0 Å². The first kappa shape index (κ1) is 14.8. The standard InChI is InChI=1S/C15H22N2O3/c1-19-13-4-2-3-11(9-13)10-17-15(18)14(16)12-5-7-20-8-6-12/h2-4,9,12,14H,5-8,10,16H2,1H3,(H,17,18). The second-order valence-electron chi connectivity index (χ2n) is 5.04. The zero-order valence-corrected chi connectivity index (χ0v) is 11.8. The van der Waals surface area contributed by atoms with Crippen LogP contribution in [-0.2, 0) is 16.1 Å². The SMILES string of the molecule is COc1cccc(CNC(=O)C(N)C2CCOCC2)c1. The lowest BCUT2D eigenvalue weighted by Crippen LogP contribution is -2.46. The first-order valence-electron chi connectivity index (χ1n) is 6.94. The van der Waals surface area contributed by atoms with Gasteiger partial charge in [0.2, 0.25) is 5.91 Å². The molecule has 1 saturated heterocycles. The van der Waals surface area contributed by atoms with Gasteiger partial charge in [-0.15, -0.1) is 0 Å². The van der Waals surface area contributed by atoms with Crippen LogP contribution in [0.25, 0.3) is 0 Å². The van der Waals surface area contributed by atoms with Crippen molar-refractivity contribution in [2.75, 3.05) is 20.3 Å². The lowest BCUT2D eigenvalue weighted by atomic mass is 9.92. The molecule has 1 heterocycles. The second kappa shape index (κ2) is 7.26. The topological polar surface area (TPSA) is 73.6 Å². The summed E-state index contributed by atoms with van der Waals surface area (Å²) in [5.74, 6) is 0.902. The summed E-state index contributed by atoms with van der Waals surface area (Å²) in [6.45, 7) is 1.86. The number of carbonyl (C=O) groups excluding carboxylic acids is 1. The van der Waals surface area contributed by atoms with Crippen molar-refractivity contribution in [1.82, 2.24) is 5.32 Å². The van der Waals surface area contributed by atoms with E-state index in [1.165, 1.54) is 0 Å². The average molecular weight is 278 g/mol. The smallest absolute Gasteiger partial charge is 0.237 e. The van der Waals surface area contributed by atoms with Crippen LogP contribution in [0.15, 0.2) is 24.3 Å². The van der Waals surface area contributed by atoms with Crippen LogP contribution in [0.3, 0.4) is 0 Å². The summed E-state index contributed by atoms with van der Waals surface area (Å²) in [6, 6.07) is 7.17. The molecular formula is C15H22N2O3. The highest BCUT2D eigenvalue weighted by Crippen LogP contribution is 2.18. The third-order valence-corrected chi connectivity index (χ3v) is 3.68. The van der Waals surface area contributed by atoms with Crippen molar-refractivity contribution in [3.63, 3.8) is 0 Å². The third-order valence-electron chi connectivity index (χ3n) is 3.68. The van der Waals surface area contributed by atoms with Crippen molar-refractivity contribution in [2.24, 2.45) is 11.7 Å². The summed E-state index contributed by atoms with van der Waals surface area (Å²) in [6.07, 6.45) is 1.71. The summed E-state index contributed by atoms with van der Waals surface area (Å²) in [5.41, 5.74) is 7.02. The van der Waals surface area contributed by atoms with Crippen molar-refractivity contribution < 1.29 is 14.3 Å². The maximum absolute atomic E-state index is 12.1. The Bertz CT molecular complexity index is 444. The lowest BCUT2D eigenvalue weighted by molar-refractivity contribution is -0.124. The summed E-state index contributed by atoms with van der Waals surface area (Å²) in [7, 11) is 1.62. The number of hydrogen-bond acceptors (Lipinski definition) is 4. The molecule has 1 aliphatic rings. The summed E-state index contributed by atoms with van der Waals surface area (Å²) >= 11 is 0.